The standard InChI is InChI=1S/C20H24N2S/c1-14-5-8-17(9-6-14)18-10-11-22(13-18)20(23)21-19-12-15(2)4-7-16(19)3/h4-9,12,18H,10-11,13H2,1-3H3,(H,21,23). The topological polar surface area (TPSA) is 15.3 Å². The number of hydrogen-bond acceptors (Lipinski definition) is 1. The Hall–Kier alpha value is -1.87. The second-order valence-corrected chi connectivity index (χ2v) is 6.98. The summed E-state index contributed by atoms with van der Waals surface area (Å²) in [4.78, 5) is 2.29. The van der Waals surface area contributed by atoms with Gasteiger partial charge in [-0.3, -0.25) is 0 Å². The van der Waals surface area contributed by atoms with E-state index in [4.69, 9.17) is 12.2 Å². The summed E-state index contributed by atoms with van der Waals surface area (Å²) in [6, 6.07) is 15.3. The second-order valence-electron chi connectivity index (χ2n) is 6.59. The molecule has 2 aromatic carbocycles. The summed E-state index contributed by atoms with van der Waals surface area (Å²) in [5.74, 6) is 0.578. The van der Waals surface area contributed by atoms with Gasteiger partial charge >= 0.3 is 0 Å². The highest BCUT2D eigenvalue weighted by Crippen LogP contribution is 2.28. The molecule has 1 atom stereocenters. The number of rotatable bonds is 2. The van der Waals surface area contributed by atoms with Crippen LogP contribution in [0.3, 0.4) is 0 Å². The van der Waals surface area contributed by atoms with Gasteiger partial charge < -0.3 is 10.2 Å². The van der Waals surface area contributed by atoms with Gasteiger partial charge in [0.2, 0.25) is 0 Å². The molecule has 0 bridgehead atoms. The lowest BCUT2D eigenvalue weighted by Crippen LogP contribution is -2.32. The van der Waals surface area contributed by atoms with Crippen molar-refractivity contribution in [3.8, 4) is 0 Å². The SMILES string of the molecule is Cc1ccc(C2CCN(C(=S)Nc3cc(C)ccc3C)C2)cc1. The summed E-state index contributed by atoms with van der Waals surface area (Å²) in [7, 11) is 0. The van der Waals surface area contributed by atoms with Gasteiger partial charge in [-0.2, -0.15) is 0 Å². The molecular weight excluding hydrogens is 300 g/mol. The van der Waals surface area contributed by atoms with Crippen LogP contribution >= 0.6 is 12.2 Å². The summed E-state index contributed by atoms with van der Waals surface area (Å²) >= 11 is 5.64. The van der Waals surface area contributed by atoms with Crippen LogP contribution in [0.15, 0.2) is 42.5 Å². The van der Waals surface area contributed by atoms with E-state index in [1.54, 1.807) is 0 Å². The third-order valence-electron chi connectivity index (χ3n) is 4.66. The molecule has 2 nitrogen and oxygen atoms in total. The molecule has 2 aromatic rings. The number of nitrogens with one attached hydrogen (secondary N) is 1. The Kier molecular flexibility index (Phi) is 4.67. The summed E-state index contributed by atoms with van der Waals surface area (Å²) in [6.07, 6.45) is 1.16. The lowest BCUT2D eigenvalue weighted by atomic mass is 9.98. The number of likely N-dealkylation sites (tertiary alicyclic amines) is 1. The molecule has 1 aliphatic heterocycles. The van der Waals surface area contributed by atoms with Gasteiger partial charge in [-0.05, 0) is 62.2 Å². The number of aryl methyl sites for hydroxylation is 3. The first-order chi connectivity index (χ1) is 11.0. The molecule has 1 unspecified atom stereocenters. The summed E-state index contributed by atoms with van der Waals surface area (Å²) in [6.45, 7) is 8.38. The molecule has 23 heavy (non-hydrogen) atoms. The first-order valence-corrected chi connectivity index (χ1v) is 8.63. The second kappa shape index (κ2) is 6.71. The van der Waals surface area contributed by atoms with Gasteiger partial charge in [-0.15, -0.1) is 0 Å². The number of nitrogens with zero attached hydrogens (tertiary/aromatic N) is 1. The third kappa shape index (κ3) is 3.73. The highest BCUT2D eigenvalue weighted by molar-refractivity contribution is 7.80. The number of benzene rings is 2. The van der Waals surface area contributed by atoms with Crippen molar-refractivity contribution in [3.05, 3.63) is 64.7 Å². The van der Waals surface area contributed by atoms with E-state index in [2.05, 4.69) is 73.5 Å². The molecule has 3 heteroatoms. The molecule has 0 spiro atoms. The van der Waals surface area contributed by atoms with Gasteiger partial charge in [0.05, 0.1) is 0 Å². The Morgan fingerprint density at radius 3 is 2.48 bits per heavy atom. The fourth-order valence-corrected chi connectivity index (χ4v) is 3.40. The molecule has 120 valence electrons. The molecule has 0 amide bonds. The molecule has 1 fully saturated rings. The normalized spacial score (nSPS) is 17.3. The number of thiocarbonyl (C=S) groups is 1. The van der Waals surface area contributed by atoms with Crippen LogP contribution in [0.4, 0.5) is 5.69 Å². The van der Waals surface area contributed by atoms with E-state index >= 15 is 0 Å². The Bertz CT molecular complexity index is 706. The van der Waals surface area contributed by atoms with Crippen LogP contribution in [0.25, 0.3) is 0 Å². The van der Waals surface area contributed by atoms with Crippen LogP contribution in [0, 0.1) is 20.8 Å². The molecule has 3 rings (SSSR count). The van der Waals surface area contributed by atoms with Gasteiger partial charge in [-0.1, -0.05) is 42.0 Å². The predicted octanol–water partition coefficient (Wildman–Crippen LogP) is 4.80. The van der Waals surface area contributed by atoms with E-state index < -0.39 is 0 Å². The van der Waals surface area contributed by atoms with E-state index in [0.29, 0.717) is 5.92 Å². The molecule has 1 saturated heterocycles. The van der Waals surface area contributed by atoms with Crippen molar-refractivity contribution < 1.29 is 0 Å². The van der Waals surface area contributed by atoms with Crippen LogP contribution in [0.5, 0.6) is 0 Å². The smallest absolute Gasteiger partial charge is 0.173 e. The van der Waals surface area contributed by atoms with Gasteiger partial charge in [0.1, 0.15) is 0 Å². The molecule has 1 N–H and O–H groups in total. The Labute approximate surface area is 144 Å². The largest absolute Gasteiger partial charge is 0.348 e. The molecule has 0 aromatic heterocycles. The van der Waals surface area contributed by atoms with E-state index in [9.17, 15) is 0 Å². The number of hydrogen-bond donors (Lipinski definition) is 1. The van der Waals surface area contributed by atoms with E-state index in [-0.39, 0.29) is 0 Å². The van der Waals surface area contributed by atoms with Crippen molar-refractivity contribution in [1.82, 2.24) is 4.90 Å². The van der Waals surface area contributed by atoms with Crippen LogP contribution in [0.2, 0.25) is 0 Å². The Morgan fingerprint density at radius 1 is 1.04 bits per heavy atom. The molecule has 0 aliphatic carbocycles. The quantitative estimate of drug-likeness (QED) is 0.799. The van der Waals surface area contributed by atoms with E-state index in [1.165, 1.54) is 22.3 Å². The van der Waals surface area contributed by atoms with Gasteiger partial charge in [0.25, 0.3) is 0 Å². The van der Waals surface area contributed by atoms with Crippen LogP contribution in [-0.4, -0.2) is 23.1 Å². The summed E-state index contributed by atoms with van der Waals surface area (Å²) in [5.41, 5.74) is 6.34. The zero-order chi connectivity index (χ0) is 16.4. The van der Waals surface area contributed by atoms with Crippen molar-refractivity contribution in [2.75, 3.05) is 18.4 Å². The average Bonchev–Trinajstić information content (AvgIpc) is 3.02. The average molecular weight is 324 g/mol. The summed E-state index contributed by atoms with van der Waals surface area (Å²) < 4.78 is 0. The zero-order valence-corrected chi connectivity index (χ0v) is 14.9. The Morgan fingerprint density at radius 2 is 1.74 bits per heavy atom. The van der Waals surface area contributed by atoms with Crippen LogP contribution in [-0.2, 0) is 0 Å². The minimum Gasteiger partial charge on any atom is -0.348 e. The first kappa shape index (κ1) is 16.0. The fraction of sp³-hybridized carbons (Fsp3) is 0.350. The van der Waals surface area contributed by atoms with Gasteiger partial charge in [0.15, 0.2) is 5.11 Å². The van der Waals surface area contributed by atoms with E-state index in [0.717, 1.165) is 30.3 Å². The molecule has 1 heterocycles. The Balaban J connectivity index is 1.65. The molecular formula is C20H24N2S. The van der Waals surface area contributed by atoms with Crippen molar-refractivity contribution in [3.63, 3.8) is 0 Å². The fourth-order valence-electron chi connectivity index (χ4n) is 3.12. The molecule has 0 radical (unpaired) electrons. The highest BCUT2D eigenvalue weighted by Gasteiger charge is 2.25. The van der Waals surface area contributed by atoms with Crippen molar-refractivity contribution in [1.29, 1.82) is 0 Å². The maximum Gasteiger partial charge on any atom is 0.173 e. The predicted molar refractivity (Wildman–Crippen MR) is 102 cm³/mol. The maximum absolute atomic E-state index is 5.64. The third-order valence-corrected chi connectivity index (χ3v) is 5.02. The van der Waals surface area contributed by atoms with Crippen LogP contribution < -0.4 is 5.32 Å². The molecule has 0 saturated carbocycles. The van der Waals surface area contributed by atoms with Crippen LogP contribution in [0.1, 0.15) is 34.6 Å². The maximum atomic E-state index is 5.64. The highest BCUT2D eigenvalue weighted by atomic mass is 32.1. The van der Waals surface area contributed by atoms with Crippen molar-refractivity contribution in [2.24, 2.45) is 0 Å². The monoisotopic (exact) mass is 324 g/mol. The van der Waals surface area contributed by atoms with Crippen molar-refractivity contribution >= 4 is 23.0 Å². The minimum absolute atomic E-state index is 0.578. The minimum atomic E-state index is 0.578. The van der Waals surface area contributed by atoms with E-state index in [1.807, 2.05) is 0 Å². The summed E-state index contributed by atoms with van der Waals surface area (Å²) in [5, 5.41) is 4.27. The lowest BCUT2D eigenvalue weighted by molar-refractivity contribution is 0.518. The zero-order valence-electron chi connectivity index (χ0n) is 14.1. The van der Waals surface area contributed by atoms with Gasteiger partial charge in [-0.25, -0.2) is 0 Å². The number of anilines is 1. The molecule has 1 aliphatic rings. The first-order valence-electron chi connectivity index (χ1n) is 8.22. The lowest BCUT2D eigenvalue weighted by Gasteiger charge is -2.22. The van der Waals surface area contributed by atoms with Crippen molar-refractivity contribution in [2.45, 2.75) is 33.1 Å². The van der Waals surface area contributed by atoms with Gasteiger partial charge in [0, 0.05) is 24.7 Å².